The third-order valence-electron chi connectivity index (χ3n) is 4.30. The zero-order valence-electron chi connectivity index (χ0n) is 10.2. The summed E-state index contributed by atoms with van der Waals surface area (Å²) in [7, 11) is 0. The topological polar surface area (TPSA) is 40.5 Å². The molecular weight excluding hydrogens is 188 g/mol. The van der Waals surface area contributed by atoms with Crippen LogP contribution in [0.3, 0.4) is 0 Å². The molecular formula is C13H26O2. The van der Waals surface area contributed by atoms with Crippen LogP contribution in [0.2, 0.25) is 0 Å². The van der Waals surface area contributed by atoms with Gasteiger partial charge in [0.2, 0.25) is 0 Å². The van der Waals surface area contributed by atoms with Crippen molar-refractivity contribution in [3.8, 4) is 0 Å². The maximum absolute atomic E-state index is 9.62. The Morgan fingerprint density at radius 2 is 1.73 bits per heavy atom. The molecule has 0 aromatic rings. The van der Waals surface area contributed by atoms with E-state index in [-0.39, 0.29) is 18.6 Å². The summed E-state index contributed by atoms with van der Waals surface area (Å²) in [5, 5.41) is 19.2. The van der Waals surface area contributed by atoms with Crippen molar-refractivity contribution in [2.45, 2.75) is 52.4 Å². The van der Waals surface area contributed by atoms with Crippen molar-refractivity contribution in [1.29, 1.82) is 0 Å². The minimum Gasteiger partial charge on any atom is -0.396 e. The summed E-state index contributed by atoms with van der Waals surface area (Å²) in [5.41, 5.74) is -0.202. The second-order valence-electron chi connectivity index (χ2n) is 5.38. The molecule has 0 saturated heterocycles. The van der Waals surface area contributed by atoms with Gasteiger partial charge in [-0.1, -0.05) is 33.1 Å². The van der Waals surface area contributed by atoms with Gasteiger partial charge in [0.05, 0.1) is 13.2 Å². The Hall–Kier alpha value is -0.0800. The van der Waals surface area contributed by atoms with Gasteiger partial charge in [0.15, 0.2) is 0 Å². The average molecular weight is 214 g/mol. The van der Waals surface area contributed by atoms with E-state index < -0.39 is 0 Å². The van der Waals surface area contributed by atoms with Crippen LogP contribution < -0.4 is 0 Å². The maximum Gasteiger partial charge on any atom is 0.0512 e. The first kappa shape index (κ1) is 13.0. The van der Waals surface area contributed by atoms with Gasteiger partial charge in [-0.3, -0.25) is 0 Å². The Kier molecular flexibility index (Phi) is 5.07. The van der Waals surface area contributed by atoms with Crippen LogP contribution in [-0.2, 0) is 0 Å². The lowest BCUT2D eigenvalue weighted by molar-refractivity contribution is -0.0128. The van der Waals surface area contributed by atoms with Crippen LogP contribution in [0.5, 0.6) is 0 Å². The molecule has 1 atom stereocenters. The molecule has 0 heterocycles. The molecule has 0 spiro atoms. The molecule has 15 heavy (non-hydrogen) atoms. The molecule has 0 radical (unpaired) electrons. The maximum atomic E-state index is 9.62. The monoisotopic (exact) mass is 214 g/mol. The van der Waals surface area contributed by atoms with E-state index in [1.807, 2.05) is 0 Å². The zero-order valence-corrected chi connectivity index (χ0v) is 10.2. The molecule has 1 fully saturated rings. The van der Waals surface area contributed by atoms with Crippen molar-refractivity contribution in [3.05, 3.63) is 0 Å². The van der Waals surface area contributed by atoms with E-state index in [1.54, 1.807) is 0 Å². The summed E-state index contributed by atoms with van der Waals surface area (Å²) in [6.07, 6.45) is 7.03. The second kappa shape index (κ2) is 5.86. The predicted molar refractivity (Wildman–Crippen MR) is 62.6 cm³/mol. The van der Waals surface area contributed by atoms with Crippen molar-refractivity contribution in [1.82, 2.24) is 0 Å². The Morgan fingerprint density at radius 1 is 1.20 bits per heavy atom. The lowest BCUT2D eigenvalue weighted by atomic mass is 9.70. The number of hydrogen-bond acceptors (Lipinski definition) is 2. The Labute approximate surface area is 93.7 Å². The van der Waals surface area contributed by atoms with Crippen LogP contribution in [0, 0.1) is 17.3 Å². The lowest BCUT2D eigenvalue weighted by Crippen LogP contribution is -2.38. The molecule has 0 aromatic heterocycles. The fourth-order valence-corrected chi connectivity index (χ4v) is 2.98. The third kappa shape index (κ3) is 2.94. The van der Waals surface area contributed by atoms with Gasteiger partial charge in [0, 0.05) is 5.41 Å². The molecule has 0 aromatic carbocycles. The first-order valence-corrected chi connectivity index (χ1v) is 6.40. The highest BCUT2D eigenvalue weighted by molar-refractivity contribution is 4.89. The molecule has 0 aliphatic heterocycles. The summed E-state index contributed by atoms with van der Waals surface area (Å²) in [4.78, 5) is 0. The van der Waals surface area contributed by atoms with Crippen molar-refractivity contribution in [2.24, 2.45) is 17.3 Å². The lowest BCUT2D eigenvalue weighted by Gasteiger charge is -2.38. The van der Waals surface area contributed by atoms with E-state index in [2.05, 4.69) is 13.8 Å². The predicted octanol–water partition coefficient (Wildman–Crippen LogP) is 2.58. The molecule has 1 aliphatic carbocycles. The number of aliphatic hydroxyl groups is 2. The molecule has 1 aliphatic rings. The number of hydrogen-bond donors (Lipinski definition) is 2. The highest BCUT2D eigenvalue weighted by atomic mass is 16.3. The van der Waals surface area contributed by atoms with Crippen LogP contribution in [0.1, 0.15) is 52.4 Å². The fraction of sp³-hybridized carbons (Fsp3) is 1.00. The molecule has 90 valence electrons. The fourth-order valence-electron chi connectivity index (χ4n) is 2.98. The molecule has 2 heteroatoms. The van der Waals surface area contributed by atoms with Crippen molar-refractivity contribution >= 4 is 0 Å². The van der Waals surface area contributed by atoms with Gasteiger partial charge in [-0.15, -0.1) is 0 Å². The van der Waals surface area contributed by atoms with Crippen LogP contribution in [0.15, 0.2) is 0 Å². The number of aliphatic hydroxyl groups excluding tert-OH is 2. The van der Waals surface area contributed by atoms with Crippen LogP contribution in [-0.4, -0.2) is 23.4 Å². The second-order valence-corrected chi connectivity index (χ2v) is 5.38. The van der Waals surface area contributed by atoms with E-state index >= 15 is 0 Å². The molecule has 1 unspecified atom stereocenters. The van der Waals surface area contributed by atoms with E-state index in [9.17, 15) is 10.2 Å². The van der Waals surface area contributed by atoms with E-state index in [4.69, 9.17) is 0 Å². The average Bonchev–Trinajstić information content (AvgIpc) is 2.79. The number of rotatable bonds is 6. The molecule has 1 saturated carbocycles. The van der Waals surface area contributed by atoms with Crippen molar-refractivity contribution in [2.75, 3.05) is 13.2 Å². The minimum atomic E-state index is -0.202. The van der Waals surface area contributed by atoms with Gasteiger partial charge >= 0.3 is 0 Å². The van der Waals surface area contributed by atoms with E-state index in [0.717, 1.165) is 12.8 Å². The van der Waals surface area contributed by atoms with Crippen molar-refractivity contribution in [3.63, 3.8) is 0 Å². The normalized spacial score (nSPS) is 20.8. The zero-order chi connectivity index (χ0) is 11.3. The van der Waals surface area contributed by atoms with Gasteiger partial charge in [-0.05, 0) is 31.1 Å². The smallest absolute Gasteiger partial charge is 0.0512 e. The van der Waals surface area contributed by atoms with Gasteiger partial charge in [-0.25, -0.2) is 0 Å². The highest BCUT2D eigenvalue weighted by Gasteiger charge is 2.39. The van der Waals surface area contributed by atoms with E-state index in [0.29, 0.717) is 11.8 Å². The van der Waals surface area contributed by atoms with Crippen LogP contribution in [0.4, 0.5) is 0 Å². The molecule has 0 bridgehead atoms. The molecule has 2 nitrogen and oxygen atoms in total. The summed E-state index contributed by atoms with van der Waals surface area (Å²) in [5.74, 6) is 1.14. The summed E-state index contributed by atoms with van der Waals surface area (Å²) < 4.78 is 0. The molecule has 0 amide bonds. The Bertz CT molecular complexity index is 169. The highest BCUT2D eigenvalue weighted by Crippen LogP contribution is 2.43. The van der Waals surface area contributed by atoms with Crippen LogP contribution in [0.25, 0.3) is 0 Å². The summed E-state index contributed by atoms with van der Waals surface area (Å²) in [6.45, 7) is 4.70. The Balaban J connectivity index is 2.66. The Morgan fingerprint density at radius 3 is 2.13 bits per heavy atom. The summed E-state index contributed by atoms with van der Waals surface area (Å²) in [6, 6.07) is 0. The first-order chi connectivity index (χ1) is 7.18. The largest absolute Gasteiger partial charge is 0.396 e. The third-order valence-corrected chi connectivity index (χ3v) is 4.30. The van der Waals surface area contributed by atoms with Gasteiger partial charge < -0.3 is 10.2 Å². The van der Waals surface area contributed by atoms with Crippen molar-refractivity contribution < 1.29 is 10.2 Å². The first-order valence-electron chi connectivity index (χ1n) is 6.40. The van der Waals surface area contributed by atoms with Gasteiger partial charge in [0.25, 0.3) is 0 Å². The molecule has 1 rings (SSSR count). The quantitative estimate of drug-likeness (QED) is 0.713. The summed E-state index contributed by atoms with van der Waals surface area (Å²) >= 11 is 0. The van der Waals surface area contributed by atoms with Gasteiger partial charge in [0.1, 0.15) is 0 Å². The molecule has 2 N–H and O–H groups in total. The standard InChI is InChI=1S/C13H26O2/c1-3-11(2)8-13(9-14,10-15)12-6-4-5-7-12/h11-12,14-15H,3-10H2,1-2H3. The minimum absolute atomic E-state index is 0.151. The van der Waals surface area contributed by atoms with Gasteiger partial charge in [-0.2, -0.15) is 0 Å². The van der Waals surface area contributed by atoms with E-state index in [1.165, 1.54) is 25.7 Å². The SMILES string of the molecule is CCC(C)CC(CO)(CO)C1CCCC1. The van der Waals surface area contributed by atoms with Crippen LogP contribution >= 0.6 is 0 Å².